The number of fused-ring (bicyclic) bond motifs is 1. The van der Waals surface area contributed by atoms with Crippen molar-refractivity contribution in [2.45, 2.75) is 51.6 Å². The molecule has 2 aliphatic heterocycles. The highest BCUT2D eigenvalue weighted by molar-refractivity contribution is 5.77. The van der Waals surface area contributed by atoms with E-state index in [1.165, 1.54) is 5.56 Å². The van der Waals surface area contributed by atoms with Crippen molar-refractivity contribution >= 4 is 17.6 Å². The van der Waals surface area contributed by atoms with Crippen LogP contribution in [-0.4, -0.2) is 51.7 Å². The number of anilines is 1. The molecule has 30 heavy (non-hydrogen) atoms. The lowest BCUT2D eigenvalue weighted by Crippen LogP contribution is -2.36. The Labute approximate surface area is 177 Å². The molecule has 3 heterocycles. The Kier molecular flexibility index (Phi) is 5.97. The number of carbonyl (C=O) groups excluding carboxylic acids is 2. The normalized spacial score (nSPS) is 18.3. The van der Waals surface area contributed by atoms with Crippen molar-refractivity contribution in [3.05, 3.63) is 53.0 Å². The van der Waals surface area contributed by atoms with Crippen LogP contribution >= 0.6 is 0 Å². The molecule has 2 amide bonds. The second-order valence-electron chi connectivity index (χ2n) is 8.03. The molecule has 4 rings (SSSR count). The molecule has 158 valence electrons. The van der Waals surface area contributed by atoms with Crippen molar-refractivity contribution in [2.75, 3.05) is 25.5 Å². The zero-order valence-corrected chi connectivity index (χ0v) is 17.7. The molecule has 7 nitrogen and oxygen atoms in total. The topological polar surface area (TPSA) is 78.4 Å². The average molecular weight is 408 g/mol. The predicted molar refractivity (Wildman–Crippen MR) is 115 cm³/mol. The summed E-state index contributed by atoms with van der Waals surface area (Å²) in [5.41, 5.74) is 3.16. The number of likely N-dealkylation sites (tertiary alicyclic amines) is 1. The first kappa shape index (κ1) is 20.3. The van der Waals surface area contributed by atoms with Crippen molar-refractivity contribution in [3.63, 3.8) is 0 Å². The van der Waals surface area contributed by atoms with Gasteiger partial charge in [-0.15, -0.1) is 0 Å². The van der Waals surface area contributed by atoms with Gasteiger partial charge >= 0.3 is 0 Å². The number of nitrogens with zero attached hydrogens (tertiary/aromatic N) is 4. The van der Waals surface area contributed by atoms with Gasteiger partial charge in [0.2, 0.25) is 11.8 Å². The highest BCUT2D eigenvalue weighted by Crippen LogP contribution is 2.33. The number of hydrogen-bond acceptors (Lipinski definition) is 5. The smallest absolute Gasteiger partial charge is 0.223 e. The van der Waals surface area contributed by atoms with Crippen LogP contribution in [-0.2, 0) is 29.0 Å². The Morgan fingerprint density at radius 1 is 1.17 bits per heavy atom. The third-order valence-electron chi connectivity index (χ3n) is 6.10. The van der Waals surface area contributed by atoms with Crippen LogP contribution in [0.4, 0.5) is 5.82 Å². The summed E-state index contributed by atoms with van der Waals surface area (Å²) < 4.78 is 0. The van der Waals surface area contributed by atoms with Crippen LogP contribution in [0.3, 0.4) is 0 Å². The fourth-order valence-electron chi connectivity index (χ4n) is 4.43. The Balaban J connectivity index is 1.52. The van der Waals surface area contributed by atoms with E-state index in [1.807, 2.05) is 35.0 Å². The molecule has 1 atom stereocenters. The minimum absolute atomic E-state index is 0.0674. The zero-order valence-electron chi connectivity index (χ0n) is 17.7. The molecule has 0 unspecified atom stereocenters. The third kappa shape index (κ3) is 4.15. The van der Waals surface area contributed by atoms with Gasteiger partial charge in [-0.1, -0.05) is 30.3 Å². The Bertz CT molecular complexity index is 913. The number of aryl methyl sites for hydroxylation is 1. The molecule has 2 aliphatic rings. The van der Waals surface area contributed by atoms with Crippen molar-refractivity contribution in [3.8, 4) is 0 Å². The monoisotopic (exact) mass is 407 g/mol. The van der Waals surface area contributed by atoms with Gasteiger partial charge in [0, 0.05) is 45.5 Å². The van der Waals surface area contributed by atoms with Crippen molar-refractivity contribution in [1.82, 2.24) is 19.8 Å². The average Bonchev–Trinajstić information content (AvgIpc) is 3.27. The number of nitrogens with one attached hydrogen (secondary N) is 1. The number of carbonyl (C=O) groups is 2. The molecular formula is C23H29N5O2. The summed E-state index contributed by atoms with van der Waals surface area (Å²) in [4.78, 5) is 38.2. The first-order chi connectivity index (χ1) is 14.6. The summed E-state index contributed by atoms with van der Waals surface area (Å²) in [7, 11) is 1.84. The predicted octanol–water partition coefficient (Wildman–Crippen LogP) is 2.72. The van der Waals surface area contributed by atoms with E-state index in [-0.39, 0.29) is 17.9 Å². The van der Waals surface area contributed by atoms with Gasteiger partial charge in [-0.25, -0.2) is 9.97 Å². The van der Waals surface area contributed by atoms with E-state index in [2.05, 4.69) is 17.4 Å². The molecule has 1 aromatic heterocycles. The summed E-state index contributed by atoms with van der Waals surface area (Å²) in [6.45, 7) is 3.56. The fourth-order valence-corrected chi connectivity index (χ4v) is 4.43. The molecule has 2 aromatic rings. The molecule has 0 spiro atoms. The quantitative estimate of drug-likeness (QED) is 0.825. The highest BCUT2D eigenvalue weighted by Gasteiger charge is 2.33. The lowest BCUT2D eigenvalue weighted by Gasteiger charge is -2.30. The molecule has 0 saturated carbocycles. The first-order valence-corrected chi connectivity index (χ1v) is 10.7. The van der Waals surface area contributed by atoms with Crippen LogP contribution < -0.4 is 5.32 Å². The largest absolute Gasteiger partial charge is 0.373 e. The molecule has 1 saturated heterocycles. The number of rotatable bonds is 5. The van der Waals surface area contributed by atoms with Crippen LogP contribution in [0.15, 0.2) is 30.3 Å². The Morgan fingerprint density at radius 3 is 2.70 bits per heavy atom. The van der Waals surface area contributed by atoms with E-state index in [0.717, 1.165) is 48.7 Å². The van der Waals surface area contributed by atoms with Gasteiger partial charge in [-0.2, -0.15) is 0 Å². The van der Waals surface area contributed by atoms with E-state index in [9.17, 15) is 9.59 Å². The summed E-state index contributed by atoms with van der Waals surface area (Å²) in [6.07, 6.45) is 3.82. The Hall–Kier alpha value is -2.96. The highest BCUT2D eigenvalue weighted by atomic mass is 16.2. The summed E-state index contributed by atoms with van der Waals surface area (Å²) in [6, 6.07) is 10.1. The van der Waals surface area contributed by atoms with Crippen LogP contribution in [0.2, 0.25) is 0 Å². The van der Waals surface area contributed by atoms with Gasteiger partial charge in [-0.3, -0.25) is 9.59 Å². The Morgan fingerprint density at radius 2 is 1.97 bits per heavy atom. The van der Waals surface area contributed by atoms with Gasteiger partial charge in [0.15, 0.2) is 5.82 Å². The molecule has 0 aliphatic carbocycles. The lowest BCUT2D eigenvalue weighted by molar-refractivity contribution is -0.132. The standard InChI is InChI=1S/C23H29N5O2/c1-16(29)27-14-12-19-18(15-27)22(24-2)26-23(25-19)20-9-6-13-28(20)21(30)11-10-17-7-4-3-5-8-17/h3-5,7-8,20H,6,9-15H2,1-2H3,(H,24,25,26)/t20-/m1/s1. The van der Waals surface area contributed by atoms with Gasteiger partial charge in [-0.05, 0) is 24.8 Å². The molecule has 1 N–H and O–H groups in total. The SMILES string of the molecule is CNc1nc([C@H]2CCCN2C(=O)CCc2ccccc2)nc2c1CN(C(C)=O)CC2. The van der Waals surface area contributed by atoms with E-state index < -0.39 is 0 Å². The minimum atomic E-state index is -0.0727. The van der Waals surface area contributed by atoms with Crippen LogP contribution in [0.1, 0.15) is 54.9 Å². The van der Waals surface area contributed by atoms with Crippen molar-refractivity contribution in [1.29, 1.82) is 0 Å². The lowest BCUT2D eigenvalue weighted by atomic mass is 10.0. The maximum Gasteiger partial charge on any atom is 0.223 e. The fraction of sp³-hybridized carbons (Fsp3) is 0.478. The van der Waals surface area contributed by atoms with E-state index in [0.29, 0.717) is 25.9 Å². The molecule has 0 radical (unpaired) electrons. The zero-order chi connectivity index (χ0) is 21.1. The number of benzene rings is 1. The summed E-state index contributed by atoms with van der Waals surface area (Å²) in [5, 5.41) is 3.18. The summed E-state index contributed by atoms with van der Waals surface area (Å²) in [5.74, 6) is 1.72. The first-order valence-electron chi connectivity index (χ1n) is 10.7. The van der Waals surface area contributed by atoms with E-state index in [1.54, 1.807) is 6.92 Å². The van der Waals surface area contributed by atoms with Crippen LogP contribution in [0, 0.1) is 0 Å². The summed E-state index contributed by atoms with van der Waals surface area (Å²) >= 11 is 0. The van der Waals surface area contributed by atoms with Gasteiger partial charge < -0.3 is 15.1 Å². The molecule has 0 bridgehead atoms. The molecule has 1 fully saturated rings. The molecule has 7 heteroatoms. The van der Waals surface area contributed by atoms with E-state index >= 15 is 0 Å². The number of hydrogen-bond donors (Lipinski definition) is 1. The number of amides is 2. The van der Waals surface area contributed by atoms with Gasteiger partial charge in [0.25, 0.3) is 0 Å². The van der Waals surface area contributed by atoms with Crippen molar-refractivity contribution in [2.24, 2.45) is 0 Å². The van der Waals surface area contributed by atoms with Gasteiger partial charge in [0.1, 0.15) is 5.82 Å². The van der Waals surface area contributed by atoms with Crippen molar-refractivity contribution < 1.29 is 9.59 Å². The molecular weight excluding hydrogens is 378 g/mol. The third-order valence-corrected chi connectivity index (χ3v) is 6.10. The van der Waals surface area contributed by atoms with Crippen LogP contribution in [0.25, 0.3) is 0 Å². The second-order valence-corrected chi connectivity index (χ2v) is 8.03. The second kappa shape index (κ2) is 8.81. The molecule has 1 aromatic carbocycles. The number of aromatic nitrogens is 2. The van der Waals surface area contributed by atoms with E-state index in [4.69, 9.17) is 9.97 Å². The van der Waals surface area contributed by atoms with Crippen LogP contribution in [0.5, 0.6) is 0 Å². The van der Waals surface area contributed by atoms with Gasteiger partial charge in [0.05, 0.1) is 18.3 Å². The maximum atomic E-state index is 13.0. The maximum absolute atomic E-state index is 13.0. The minimum Gasteiger partial charge on any atom is -0.373 e.